The third kappa shape index (κ3) is 5.12. The number of ether oxygens (including phenoxy) is 1. The average molecular weight is 434 g/mol. The highest BCUT2D eigenvalue weighted by atomic mass is 35.5. The van der Waals surface area contributed by atoms with E-state index < -0.39 is 23.4 Å². The maximum absolute atomic E-state index is 12.2. The molecular formula is C18H12ClN3O6S. The Labute approximate surface area is 173 Å². The number of para-hydroxylation sites is 1. The summed E-state index contributed by atoms with van der Waals surface area (Å²) in [6, 6.07) is 10.5. The van der Waals surface area contributed by atoms with Gasteiger partial charge in [0.25, 0.3) is 11.6 Å². The van der Waals surface area contributed by atoms with Crippen LogP contribution in [-0.2, 0) is 9.59 Å². The lowest BCUT2D eigenvalue weighted by Gasteiger charge is -2.06. The van der Waals surface area contributed by atoms with Crippen LogP contribution in [0, 0.1) is 10.1 Å². The van der Waals surface area contributed by atoms with E-state index in [9.17, 15) is 19.7 Å². The Morgan fingerprint density at radius 3 is 2.79 bits per heavy atom. The highest BCUT2D eigenvalue weighted by Gasteiger charge is 2.25. The number of nitrogens with zero attached hydrogens (tertiary/aromatic N) is 2. The molecule has 0 spiro atoms. The van der Waals surface area contributed by atoms with Crippen LogP contribution in [0.15, 0.2) is 52.4 Å². The van der Waals surface area contributed by atoms with Crippen molar-refractivity contribution in [2.75, 3.05) is 6.61 Å². The molecule has 2 aromatic carbocycles. The Morgan fingerprint density at radius 1 is 1.34 bits per heavy atom. The second-order valence-electron chi connectivity index (χ2n) is 5.59. The SMILES string of the molecule is O=C(O)COc1ccccc1/C=C1/SC(=Nc2ccc([N+](=O)[O-])cc2Cl)NC1=O. The van der Waals surface area contributed by atoms with Gasteiger partial charge in [-0.1, -0.05) is 29.8 Å². The Kier molecular flexibility index (Phi) is 6.15. The summed E-state index contributed by atoms with van der Waals surface area (Å²) < 4.78 is 5.23. The van der Waals surface area contributed by atoms with Crippen molar-refractivity contribution in [3.8, 4) is 5.75 Å². The van der Waals surface area contributed by atoms with E-state index in [-0.39, 0.29) is 21.6 Å². The van der Waals surface area contributed by atoms with Crippen LogP contribution in [0.5, 0.6) is 5.75 Å². The number of aliphatic imine (C=N–C) groups is 1. The maximum Gasteiger partial charge on any atom is 0.341 e. The van der Waals surface area contributed by atoms with Crippen LogP contribution in [0.25, 0.3) is 6.08 Å². The number of amides is 1. The van der Waals surface area contributed by atoms with Crippen LogP contribution in [-0.4, -0.2) is 33.7 Å². The van der Waals surface area contributed by atoms with Crippen molar-refractivity contribution in [2.45, 2.75) is 0 Å². The van der Waals surface area contributed by atoms with Gasteiger partial charge in [0.2, 0.25) is 0 Å². The highest BCUT2D eigenvalue weighted by molar-refractivity contribution is 8.18. The summed E-state index contributed by atoms with van der Waals surface area (Å²) >= 11 is 7.07. The molecule has 1 aliphatic rings. The second kappa shape index (κ2) is 8.76. The van der Waals surface area contributed by atoms with E-state index in [0.717, 1.165) is 11.8 Å². The van der Waals surface area contributed by atoms with E-state index in [1.807, 2.05) is 0 Å². The molecule has 0 aromatic heterocycles. The minimum Gasteiger partial charge on any atom is -0.481 e. The van der Waals surface area contributed by atoms with Gasteiger partial charge in [-0.25, -0.2) is 9.79 Å². The number of rotatable bonds is 6. The average Bonchev–Trinajstić information content (AvgIpc) is 3.01. The van der Waals surface area contributed by atoms with Gasteiger partial charge in [-0.2, -0.15) is 0 Å². The van der Waals surface area contributed by atoms with Gasteiger partial charge in [0, 0.05) is 17.7 Å². The van der Waals surface area contributed by atoms with Crippen molar-refractivity contribution < 1.29 is 24.4 Å². The molecule has 1 amide bonds. The topological polar surface area (TPSA) is 131 Å². The normalized spacial score (nSPS) is 16.1. The summed E-state index contributed by atoms with van der Waals surface area (Å²) in [4.78, 5) is 37.7. The molecular weight excluding hydrogens is 422 g/mol. The summed E-state index contributed by atoms with van der Waals surface area (Å²) in [5.41, 5.74) is 0.633. The first kappa shape index (κ1) is 20.4. The van der Waals surface area contributed by atoms with Gasteiger partial charge >= 0.3 is 5.97 Å². The first-order chi connectivity index (χ1) is 13.8. The number of carbonyl (C=O) groups excluding carboxylic acids is 1. The largest absolute Gasteiger partial charge is 0.481 e. The number of amidine groups is 1. The van der Waals surface area contributed by atoms with Crippen molar-refractivity contribution in [1.82, 2.24) is 5.32 Å². The molecule has 0 radical (unpaired) electrons. The zero-order chi connectivity index (χ0) is 21.0. The number of carboxylic acids is 1. The number of non-ortho nitro benzene ring substituents is 1. The zero-order valence-corrected chi connectivity index (χ0v) is 16.1. The van der Waals surface area contributed by atoms with E-state index in [0.29, 0.717) is 16.2 Å². The number of nitrogens with one attached hydrogen (secondary N) is 1. The Bertz CT molecular complexity index is 1070. The monoisotopic (exact) mass is 433 g/mol. The zero-order valence-electron chi connectivity index (χ0n) is 14.5. The van der Waals surface area contributed by atoms with E-state index in [1.54, 1.807) is 30.3 Å². The molecule has 1 heterocycles. The number of carboxylic acid groups (broad SMARTS) is 1. The molecule has 11 heteroatoms. The maximum atomic E-state index is 12.2. The Morgan fingerprint density at radius 2 is 2.10 bits per heavy atom. The summed E-state index contributed by atoms with van der Waals surface area (Å²) in [7, 11) is 0. The number of carbonyl (C=O) groups is 2. The van der Waals surface area contributed by atoms with Gasteiger partial charge in [-0.15, -0.1) is 0 Å². The number of nitro benzene ring substituents is 1. The van der Waals surface area contributed by atoms with Crippen LogP contribution >= 0.6 is 23.4 Å². The molecule has 29 heavy (non-hydrogen) atoms. The van der Waals surface area contributed by atoms with Gasteiger partial charge in [0.15, 0.2) is 11.8 Å². The van der Waals surface area contributed by atoms with Crippen LogP contribution in [0.2, 0.25) is 5.02 Å². The summed E-state index contributed by atoms with van der Waals surface area (Å²) in [5.74, 6) is -1.20. The molecule has 1 aliphatic heterocycles. The lowest BCUT2D eigenvalue weighted by molar-refractivity contribution is -0.384. The molecule has 9 nitrogen and oxygen atoms in total. The molecule has 0 saturated carbocycles. The summed E-state index contributed by atoms with van der Waals surface area (Å²) in [6.07, 6.45) is 1.55. The van der Waals surface area contributed by atoms with E-state index in [1.165, 1.54) is 18.2 Å². The van der Waals surface area contributed by atoms with Crippen molar-refractivity contribution in [2.24, 2.45) is 4.99 Å². The van der Waals surface area contributed by atoms with Crippen LogP contribution in [0.4, 0.5) is 11.4 Å². The van der Waals surface area contributed by atoms with Crippen LogP contribution in [0.1, 0.15) is 5.56 Å². The van der Waals surface area contributed by atoms with Gasteiger partial charge in [-0.05, 0) is 30.0 Å². The quantitative estimate of drug-likeness (QED) is 0.404. The van der Waals surface area contributed by atoms with Gasteiger partial charge < -0.3 is 15.2 Å². The van der Waals surface area contributed by atoms with Gasteiger partial charge in [0.1, 0.15) is 5.75 Å². The Balaban J connectivity index is 1.83. The molecule has 148 valence electrons. The molecule has 0 atom stereocenters. The number of benzene rings is 2. The molecule has 2 aromatic rings. The lowest BCUT2D eigenvalue weighted by Crippen LogP contribution is -2.19. The Hall–Kier alpha value is -3.37. The fourth-order valence-electron chi connectivity index (χ4n) is 2.30. The number of hydrogen-bond acceptors (Lipinski definition) is 7. The van der Waals surface area contributed by atoms with E-state index >= 15 is 0 Å². The fourth-order valence-corrected chi connectivity index (χ4v) is 3.34. The summed E-state index contributed by atoms with van der Waals surface area (Å²) in [6.45, 7) is -0.509. The van der Waals surface area contributed by atoms with Gasteiger partial charge in [0.05, 0.1) is 20.5 Å². The first-order valence-corrected chi connectivity index (χ1v) is 9.20. The van der Waals surface area contributed by atoms with Crippen molar-refractivity contribution in [1.29, 1.82) is 0 Å². The molecule has 0 bridgehead atoms. The standard InChI is InChI=1S/C18H12ClN3O6S/c19-12-8-11(22(26)27)5-6-13(12)20-18-21-17(25)15(29-18)7-10-3-1-2-4-14(10)28-9-16(23)24/h1-8H,9H2,(H,23,24)(H,20,21,25)/b15-7+. The molecule has 0 unspecified atom stereocenters. The van der Waals surface area contributed by atoms with Crippen molar-refractivity contribution in [3.63, 3.8) is 0 Å². The molecule has 1 fully saturated rings. The number of nitro groups is 1. The highest BCUT2D eigenvalue weighted by Crippen LogP contribution is 2.33. The summed E-state index contributed by atoms with van der Waals surface area (Å²) in [5, 5.41) is 22.5. The van der Waals surface area contributed by atoms with Crippen LogP contribution in [0.3, 0.4) is 0 Å². The number of halogens is 1. The fraction of sp³-hybridized carbons (Fsp3) is 0.0556. The third-order valence-corrected chi connectivity index (χ3v) is 4.78. The number of thioether (sulfide) groups is 1. The van der Waals surface area contributed by atoms with Crippen molar-refractivity contribution in [3.05, 3.63) is 68.1 Å². The minimum atomic E-state index is -1.12. The predicted octanol–water partition coefficient (Wildman–Crippen LogP) is 3.60. The first-order valence-electron chi connectivity index (χ1n) is 8.00. The van der Waals surface area contributed by atoms with Gasteiger partial charge in [-0.3, -0.25) is 14.9 Å². The molecule has 0 aliphatic carbocycles. The molecule has 1 saturated heterocycles. The minimum absolute atomic E-state index is 0.0754. The predicted molar refractivity (Wildman–Crippen MR) is 108 cm³/mol. The smallest absolute Gasteiger partial charge is 0.341 e. The van der Waals surface area contributed by atoms with E-state index in [4.69, 9.17) is 21.4 Å². The number of hydrogen-bond donors (Lipinski definition) is 2. The third-order valence-electron chi connectivity index (χ3n) is 3.57. The lowest BCUT2D eigenvalue weighted by atomic mass is 10.2. The molecule has 2 N–H and O–H groups in total. The molecule has 3 rings (SSSR count). The van der Waals surface area contributed by atoms with Crippen molar-refractivity contribution >= 4 is 57.9 Å². The number of aliphatic carboxylic acids is 1. The van der Waals surface area contributed by atoms with Crippen LogP contribution < -0.4 is 10.1 Å². The second-order valence-corrected chi connectivity index (χ2v) is 7.03. The van der Waals surface area contributed by atoms with E-state index in [2.05, 4.69) is 10.3 Å².